The first kappa shape index (κ1) is 17.2. The summed E-state index contributed by atoms with van der Waals surface area (Å²) in [6.45, 7) is 1.44. The van der Waals surface area contributed by atoms with E-state index in [2.05, 4.69) is 10.3 Å². The Bertz CT molecular complexity index is 699. The number of carbonyl (C=O) groups is 2. The van der Waals surface area contributed by atoms with Gasteiger partial charge in [-0.3, -0.25) is 9.59 Å². The van der Waals surface area contributed by atoms with E-state index >= 15 is 0 Å². The maximum Gasteiger partial charge on any atom is 0.225 e. The highest BCUT2D eigenvalue weighted by Crippen LogP contribution is 2.35. The zero-order valence-corrected chi connectivity index (χ0v) is 14.5. The lowest BCUT2D eigenvalue weighted by atomic mass is 9.84. The monoisotopic (exact) mass is 340 g/mol. The molecule has 0 bridgehead atoms. The van der Waals surface area contributed by atoms with E-state index in [0.29, 0.717) is 19.4 Å². The Morgan fingerprint density at radius 3 is 2.84 bits per heavy atom. The molecule has 2 heterocycles. The van der Waals surface area contributed by atoms with Gasteiger partial charge in [0, 0.05) is 39.0 Å². The molecule has 2 amide bonds. The van der Waals surface area contributed by atoms with Crippen LogP contribution >= 0.6 is 0 Å². The zero-order valence-electron chi connectivity index (χ0n) is 14.5. The van der Waals surface area contributed by atoms with Gasteiger partial charge in [0.15, 0.2) is 0 Å². The quantitative estimate of drug-likeness (QED) is 0.818. The lowest BCUT2D eigenvalue weighted by Gasteiger charge is -2.38. The molecule has 2 aromatic rings. The molecule has 1 N–H and O–H groups in total. The van der Waals surface area contributed by atoms with Gasteiger partial charge in [-0.2, -0.15) is 0 Å². The van der Waals surface area contributed by atoms with Crippen molar-refractivity contribution in [2.45, 2.75) is 31.8 Å². The Labute approximate surface area is 147 Å². The van der Waals surface area contributed by atoms with Crippen LogP contribution in [0.1, 0.15) is 30.9 Å². The molecule has 6 heteroatoms. The van der Waals surface area contributed by atoms with Crippen molar-refractivity contribution in [3.8, 4) is 0 Å². The van der Waals surface area contributed by atoms with Crippen molar-refractivity contribution < 1.29 is 9.59 Å². The first-order chi connectivity index (χ1) is 12.2. The molecule has 0 saturated carbocycles. The summed E-state index contributed by atoms with van der Waals surface area (Å²) >= 11 is 0. The minimum absolute atomic E-state index is 0.0267. The summed E-state index contributed by atoms with van der Waals surface area (Å²) in [5, 5.41) is 3.04. The first-order valence-corrected chi connectivity index (χ1v) is 8.71. The number of amides is 2. The molecular weight excluding hydrogens is 316 g/mol. The summed E-state index contributed by atoms with van der Waals surface area (Å²) in [7, 11) is 1.79. The fourth-order valence-electron chi connectivity index (χ4n) is 3.44. The third-order valence-electron chi connectivity index (χ3n) is 4.79. The molecule has 1 aliphatic rings. The highest BCUT2D eigenvalue weighted by Gasteiger charge is 2.38. The maximum absolute atomic E-state index is 12.7. The maximum atomic E-state index is 12.7. The number of aromatic nitrogens is 2. The number of imidazole rings is 1. The van der Waals surface area contributed by atoms with Gasteiger partial charge in [0.25, 0.3) is 0 Å². The number of nitrogens with zero attached hydrogens (tertiary/aromatic N) is 3. The average Bonchev–Trinajstić information content (AvgIpc) is 3.15. The molecule has 1 aromatic carbocycles. The van der Waals surface area contributed by atoms with Crippen LogP contribution in [0.25, 0.3) is 0 Å². The third-order valence-corrected chi connectivity index (χ3v) is 4.79. The molecule has 1 aromatic heterocycles. The molecule has 6 nitrogen and oxygen atoms in total. The van der Waals surface area contributed by atoms with Gasteiger partial charge in [-0.25, -0.2) is 4.98 Å². The van der Waals surface area contributed by atoms with Gasteiger partial charge >= 0.3 is 0 Å². The molecule has 0 radical (unpaired) electrons. The van der Waals surface area contributed by atoms with Crippen LogP contribution in [0.3, 0.4) is 0 Å². The number of aryl methyl sites for hydroxylation is 1. The Kier molecular flexibility index (Phi) is 5.48. The lowest BCUT2D eigenvalue weighted by Crippen LogP contribution is -2.46. The number of hydrogen-bond donors (Lipinski definition) is 1. The molecule has 1 aliphatic heterocycles. The smallest absolute Gasteiger partial charge is 0.225 e. The molecule has 0 unspecified atom stereocenters. The summed E-state index contributed by atoms with van der Waals surface area (Å²) in [5.74, 6) is -0.0878. The van der Waals surface area contributed by atoms with Crippen LogP contribution in [0.4, 0.5) is 0 Å². The van der Waals surface area contributed by atoms with Crippen molar-refractivity contribution in [2.75, 3.05) is 13.6 Å². The molecule has 25 heavy (non-hydrogen) atoms. The van der Waals surface area contributed by atoms with Gasteiger partial charge in [0.2, 0.25) is 11.8 Å². The van der Waals surface area contributed by atoms with Crippen LogP contribution in [0.5, 0.6) is 0 Å². The van der Waals surface area contributed by atoms with E-state index in [9.17, 15) is 9.59 Å². The first-order valence-electron chi connectivity index (χ1n) is 8.71. The molecule has 1 fully saturated rings. The number of likely N-dealkylation sites (tertiary alicyclic amines) is 1. The van der Waals surface area contributed by atoms with Gasteiger partial charge in [0.1, 0.15) is 0 Å². The van der Waals surface area contributed by atoms with E-state index in [1.807, 2.05) is 41.1 Å². The minimum Gasteiger partial charge on any atom is -0.356 e. The van der Waals surface area contributed by atoms with Gasteiger partial charge in [-0.1, -0.05) is 30.3 Å². The van der Waals surface area contributed by atoms with Crippen molar-refractivity contribution in [1.82, 2.24) is 19.8 Å². The summed E-state index contributed by atoms with van der Waals surface area (Å²) in [5.41, 5.74) is 1.01. The van der Waals surface area contributed by atoms with Crippen LogP contribution in [0, 0.1) is 5.92 Å². The van der Waals surface area contributed by atoms with Gasteiger partial charge in [-0.15, -0.1) is 0 Å². The Balaban J connectivity index is 1.61. The van der Waals surface area contributed by atoms with E-state index in [4.69, 9.17) is 0 Å². The second-order valence-electron chi connectivity index (χ2n) is 6.45. The number of carbonyl (C=O) groups excluding carboxylic acids is 2. The van der Waals surface area contributed by atoms with Gasteiger partial charge < -0.3 is 14.8 Å². The normalized spacial score (nSPS) is 20.5. The van der Waals surface area contributed by atoms with Gasteiger partial charge in [-0.05, 0) is 18.4 Å². The summed E-state index contributed by atoms with van der Waals surface area (Å²) < 4.78 is 1.99. The second-order valence-corrected chi connectivity index (χ2v) is 6.45. The number of nitrogens with one attached hydrogen (secondary N) is 1. The lowest BCUT2D eigenvalue weighted by molar-refractivity contribution is -0.141. The van der Waals surface area contributed by atoms with Crippen molar-refractivity contribution >= 4 is 11.8 Å². The predicted molar refractivity (Wildman–Crippen MR) is 94.5 cm³/mol. The van der Waals surface area contributed by atoms with E-state index < -0.39 is 0 Å². The fraction of sp³-hybridized carbons (Fsp3) is 0.421. The SMILES string of the molecule is CN1C(=O)CC[C@H](C(=O)NCCCn2ccnc2)[C@H]1c1ccccc1. The minimum atomic E-state index is -0.210. The Morgan fingerprint density at radius 1 is 1.32 bits per heavy atom. The third kappa shape index (κ3) is 4.07. The van der Waals surface area contributed by atoms with Crippen LogP contribution < -0.4 is 5.32 Å². The van der Waals surface area contributed by atoms with Crippen molar-refractivity contribution in [3.63, 3.8) is 0 Å². The zero-order chi connectivity index (χ0) is 17.6. The highest BCUT2D eigenvalue weighted by molar-refractivity contribution is 5.84. The van der Waals surface area contributed by atoms with Crippen LogP contribution in [-0.4, -0.2) is 39.9 Å². The molecule has 1 saturated heterocycles. The average molecular weight is 340 g/mol. The number of rotatable bonds is 6. The Morgan fingerprint density at radius 2 is 2.12 bits per heavy atom. The summed E-state index contributed by atoms with van der Waals surface area (Å²) in [4.78, 5) is 30.6. The topological polar surface area (TPSA) is 67.2 Å². The molecule has 132 valence electrons. The van der Waals surface area contributed by atoms with E-state index in [0.717, 1.165) is 18.5 Å². The molecular formula is C19H24N4O2. The molecule has 3 rings (SSSR count). The molecule has 2 atom stereocenters. The van der Waals surface area contributed by atoms with E-state index in [1.165, 1.54) is 0 Å². The number of benzene rings is 1. The molecule has 0 spiro atoms. The van der Waals surface area contributed by atoms with E-state index in [-0.39, 0.29) is 23.8 Å². The van der Waals surface area contributed by atoms with Crippen molar-refractivity contribution in [2.24, 2.45) is 5.92 Å². The second kappa shape index (κ2) is 7.96. The predicted octanol–water partition coefficient (Wildman–Crippen LogP) is 2.00. The van der Waals surface area contributed by atoms with Crippen molar-refractivity contribution in [1.29, 1.82) is 0 Å². The summed E-state index contributed by atoms with van der Waals surface area (Å²) in [6.07, 6.45) is 7.30. The van der Waals surface area contributed by atoms with Crippen molar-refractivity contribution in [3.05, 3.63) is 54.6 Å². The number of hydrogen-bond acceptors (Lipinski definition) is 3. The molecule has 0 aliphatic carbocycles. The summed E-state index contributed by atoms with van der Waals surface area (Å²) in [6, 6.07) is 9.61. The van der Waals surface area contributed by atoms with E-state index in [1.54, 1.807) is 24.5 Å². The van der Waals surface area contributed by atoms with Crippen LogP contribution in [0.2, 0.25) is 0 Å². The Hall–Kier alpha value is -2.63. The largest absolute Gasteiger partial charge is 0.356 e. The van der Waals surface area contributed by atoms with Gasteiger partial charge in [0.05, 0.1) is 18.3 Å². The standard InChI is InChI=1S/C19H24N4O2/c1-22-17(24)9-8-16(18(22)15-6-3-2-4-7-15)19(25)21-10-5-12-23-13-11-20-14-23/h2-4,6-7,11,13-14,16,18H,5,8-10,12H2,1H3,(H,21,25)/t16-,18+/m0/s1. The van der Waals surface area contributed by atoms with Crippen LogP contribution in [-0.2, 0) is 16.1 Å². The number of piperidine rings is 1. The van der Waals surface area contributed by atoms with Crippen LogP contribution in [0.15, 0.2) is 49.1 Å². The highest BCUT2D eigenvalue weighted by atomic mass is 16.2. The fourth-order valence-corrected chi connectivity index (χ4v) is 3.44.